The quantitative estimate of drug-likeness (QED) is 0.585. The predicted octanol–water partition coefficient (Wildman–Crippen LogP) is 2.97. The Bertz CT molecular complexity index is 1130. The van der Waals surface area contributed by atoms with Gasteiger partial charge in [0.2, 0.25) is 0 Å². The first-order chi connectivity index (χ1) is 15.6. The van der Waals surface area contributed by atoms with Crippen molar-refractivity contribution in [2.45, 2.75) is 25.9 Å². The van der Waals surface area contributed by atoms with Gasteiger partial charge in [0.25, 0.3) is 11.5 Å². The third kappa shape index (κ3) is 5.08. The number of rotatable bonds is 8. The van der Waals surface area contributed by atoms with Gasteiger partial charge in [-0.15, -0.1) is 0 Å². The number of hydrogen-bond acceptors (Lipinski definition) is 6. The largest absolute Gasteiger partial charge is 0.492 e. The molecule has 1 aliphatic rings. The van der Waals surface area contributed by atoms with Gasteiger partial charge in [0, 0.05) is 6.07 Å². The molecule has 0 fully saturated rings. The zero-order chi connectivity index (χ0) is 22.3. The molecule has 3 aromatic rings. The summed E-state index contributed by atoms with van der Waals surface area (Å²) in [5.41, 5.74) is 0.784. The van der Waals surface area contributed by atoms with Crippen LogP contribution in [0.4, 0.5) is 0 Å². The molecule has 2 aromatic carbocycles. The summed E-state index contributed by atoms with van der Waals surface area (Å²) >= 11 is 0. The van der Waals surface area contributed by atoms with Crippen molar-refractivity contribution in [2.24, 2.45) is 0 Å². The molecular weight excluding hydrogens is 410 g/mol. The lowest BCUT2D eigenvalue weighted by atomic mass is 10.0. The van der Waals surface area contributed by atoms with Crippen molar-refractivity contribution in [3.63, 3.8) is 0 Å². The van der Waals surface area contributed by atoms with Gasteiger partial charge in [-0.3, -0.25) is 9.59 Å². The lowest BCUT2D eigenvalue weighted by Gasteiger charge is -2.22. The third-order valence-corrected chi connectivity index (χ3v) is 5.10. The van der Waals surface area contributed by atoms with Crippen LogP contribution in [-0.4, -0.2) is 35.5 Å². The second-order valence-electron chi connectivity index (χ2n) is 7.28. The summed E-state index contributed by atoms with van der Waals surface area (Å²) in [6.45, 7) is 3.50. The van der Waals surface area contributed by atoms with Crippen molar-refractivity contribution < 1.29 is 19.0 Å². The number of ether oxygens (including phenoxy) is 3. The molecule has 1 aromatic heterocycles. The Morgan fingerprint density at radius 3 is 2.66 bits per heavy atom. The SMILES string of the molecule is CC[C@H](NC(=O)c1ccc(=O)n(CCOc2ccccc2)n1)c1ccc2c(c1)OCCO2. The summed E-state index contributed by atoms with van der Waals surface area (Å²) in [5.74, 6) is 1.73. The summed E-state index contributed by atoms with van der Waals surface area (Å²) < 4.78 is 18.1. The van der Waals surface area contributed by atoms with Gasteiger partial charge < -0.3 is 19.5 Å². The number of carbonyl (C=O) groups excluding carboxylic acids is 1. The van der Waals surface area contributed by atoms with Crippen LogP contribution in [0.5, 0.6) is 17.2 Å². The number of para-hydroxylation sites is 1. The molecule has 0 bridgehead atoms. The molecule has 4 rings (SSSR count). The zero-order valence-corrected chi connectivity index (χ0v) is 17.8. The highest BCUT2D eigenvalue weighted by molar-refractivity contribution is 5.92. The highest BCUT2D eigenvalue weighted by Gasteiger charge is 2.19. The number of nitrogens with zero attached hydrogens (tertiary/aromatic N) is 2. The maximum absolute atomic E-state index is 12.9. The number of nitrogens with one attached hydrogen (secondary N) is 1. The molecule has 0 saturated carbocycles. The highest BCUT2D eigenvalue weighted by atomic mass is 16.6. The Balaban J connectivity index is 1.43. The Labute approximate surface area is 185 Å². The fourth-order valence-corrected chi connectivity index (χ4v) is 3.43. The van der Waals surface area contributed by atoms with Crippen LogP contribution in [0.1, 0.15) is 35.4 Å². The summed E-state index contributed by atoms with van der Waals surface area (Å²) in [5, 5.41) is 7.21. The predicted molar refractivity (Wildman–Crippen MR) is 118 cm³/mol. The van der Waals surface area contributed by atoms with Crippen molar-refractivity contribution in [1.29, 1.82) is 0 Å². The first-order valence-electron chi connectivity index (χ1n) is 10.6. The third-order valence-electron chi connectivity index (χ3n) is 5.10. The smallest absolute Gasteiger partial charge is 0.272 e. The van der Waals surface area contributed by atoms with E-state index in [2.05, 4.69) is 10.4 Å². The lowest BCUT2D eigenvalue weighted by molar-refractivity contribution is 0.0927. The van der Waals surface area contributed by atoms with Gasteiger partial charge in [0.15, 0.2) is 11.5 Å². The minimum absolute atomic E-state index is 0.167. The van der Waals surface area contributed by atoms with E-state index in [-0.39, 0.29) is 36.4 Å². The molecule has 2 heterocycles. The van der Waals surface area contributed by atoms with E-state index in [9.17, 15) is 9.59 Å². The molecule has 32 heavy (non-hydrogen) atoms. The highest BCUT2D eigenvalue weighted by Crippen LogP contribution is 2.33. The fraction of sp³-hybridized carbons (Fsp3) is 0.292. The summed E-state index contributed by atoms with van der Waals surface area (Å²) in [7, 11) is 0. The van der Waals surface area contributed by atoms with E-state index in [0.29, 0.717) is 36.9 Å². The molecule has 1 N–H and O–H groups in total. The number of carbonyl (C=O) groups is 1. The summed E-state index contributed by atoms with van der Waals surface area (Å²) in [4.78, 5) is 25.0. The van der Waals surface area contributed by atoms with E-state index in [1.54, 1.807) is 0 Å². The van der Waals surface area contributed by atoms with Gasteiger partial charge in [0.05, 0.1) is 12.6 Å². The van der Waals surface area contributed by atoms with E-state index in [1.807, 2.05) is 55.5 Å². The summed E-state index contributed by atoms with van der Waals surface area (Å²) in [6.07, 6.45) is 0.677. The minimum atomic E-state index is -0.357. The molecule has 0 aliphatic carbocycles. The van der Waals surface area contributed by atoms with Crippen LogP contribution < -0.4 is 25.1 Å². The number of amides is 1. The Kier molecular flexibility index (Phi) is 6.69. The minimum Gasteiger partial charge on any atom is -0.492 e. The van der Waals surface area contributed by atoms with Crippen molar-refractivity contribution in [3.05, 3.63) is 82.3 Å². The molecule has 1 aliphatic heterocycles. The van der Waals surface area contributed by atoms with Gasteiger partial charge in [-0.2, -0.15) is 5.10 Å². The van der Waals surface area contributed by atoms with E-state index >= 15 is 0 Å². The van der Waals surface area contributed by atoms with E-state index in [0.717, 1.165) is 5.56 Å². The second-order valence-corrected chi connectivity index (χ2v) is 7.28. The normalized spacial score (nSPS) is 13.3. The topological polar surface area (TPSA) is 91.7 Å². The second kappa shape index (κ2) is 10.00. The Hall–Kier alpha value is -3.81. The van der Waals surface area contributed by atoms with Crippen LogP contribution in [0.25, 0.3) is 0 Å². The molecule has 0 radical (unpaired) electrons. The molecule has 1 atom stereocenters. The van der Waals surface area contributed by atoms with Gasteiger partial charge in [-0.05, 0) is 42.3 Å². The van der Waals surface area contributed by atoms with Crippen molar-refractivity contribution in [1.82, 2.24) is 15.1 Å². The van der Waals surface area contributed by atoms with Crippen molar-refractivity contribution in [3.8, 4) is 17.2 Å². The van der Waals surface area contributed by atoms with Crippen LogP contribution in [-0.2, 0) is 6.54 Å². The Morgan fingerprint density at radius 1 is 1.09 bits per heavy atom. The van der Waals surface area contributed by atoms with Crippen LogP contribution in [0.15, 0.2) is 65.5 Å². The molecule has 8 nitrogen and oxygen atoms in total. The van der Waals surface area contributed by atoms with Crippen LogP contribution in [0.3, 0.4) is 0 Å². The van der Waals surface area contributed by atoms with Crippen molar-refractivity contribution >= 4 is 5.91 Å². The first-order valence-corrected chi connectivity index (χ1v) is 10.6. The molecule has 0 unspecified atom stereocenters. The number of benzene rings is 2. The Morgan fingerprint density at radius 2 is 1.88 bits per heavy atom. The number of fused-ring (bicyclic) bond motifs is 1. The molecule has 8 heteroatoms. The van der Waals surface area contributed by atoms with Gasteiger partial charge in [-0.1, -0.05) is 31.2 Å². The van der Waals surface area contributed by atoms with Gasteiger partial charge in [-0.25, -0.2) is 4.68 Å². The zero-order valence-electron chi connectivity index (χ0n) is 17.8. The monoisotopic (exact) mass is 435 g/mol. The molecule has 0 saturated heterocycles. The van der Waals surface area contributed by atoms with Gasteiger partial charge in [0.1, 0.15) is 31.3 Å². The molecule has 0 spiro atoms. The fourth-order valence-electron chi connectivity index (χ4n) is 3.43. The van der Waals surface area contributed by atoms with E-state index in [4.69, 9.17) is 14.2 Å². The van der Waals surface area contributed by atoms with Crippen LogP contribution in [0, 0.1) is 0 Å². The first kappa shape index (κ1) is 21.4. The maximum Gasteiger partial charge on any atom is 0.272 e. The molecule has 1 amide bonds. The molecule has 166 valence electrons. The van der Waals surface area contributed by atoms with E-state index < -0.39 is 0 Å². The van der Waals surface area contributed by atoms with E-state index in [1.165, 1.54) is 16.8 Å². The van der Waals surface area contributed by atoms with Gasteiger partial charge >= 0.3 is 0 Å². The van der Waals surface area contributed by atoms with Crippen LogP contribution >= 0.6 is 0 Å². The standard InChI is InChI=1S/C24H25N3O5/c1-2-19(17-8-10-21-22(16-17)32-15-14-31-21)25-24(29)20-9-11-23(28)27(26-20)12-13-30-18-6-4-3-5-7-18/h3-11,16,19H,2,12-15H2,1H3,(H,25,29)/t19-/m0/s1. The summed E-state index contributed by atoms with van der Waals surface area (Å²) in [6, 6.07) is 17.5. The maximum atomic E-state index is 12.9. The average Bonchev–Trinajstić information content (AvgIpc) is 2.84. The van der Waals surface area contributed by atoms with Crippen molar-refractivity contribution in [2.75, 3.05) is 19.8 Å². The number of hydrogen-bond donors (Lipinski definition) is 1. The molecular formula is C24H25N3O5. The average molecular weight is 435 g/mol. The lowest BCUT2D eigenvalue weighted by Crippen LogP contribution is -2.32. The van der Waals surface area contributed by atoms with Crippen LogP contribution in [0.2, 0.25) is 0 Å². The number of aromatic nitrogens is 2.